The Labute approximate surface area is 159 Å². The third kappa shape index (κ3) is 5.31. The number of benzene rings is 2. The Balaban J connectivity index is 1.49. The molecule has 0 aliphatic carbocycles. The molecule has 0 unspecified atom stereocenters. The first-order valence-corrected chi connectivity index (χ1v) is 8.90. The number of hydrogen-bond donors (Lipinski definition) is 2. The highest BCUT2D eigenvalue weighted by molar-refractivity contribution is 5.94. The molecule has 3 rings (SSSR count). The number of anilines is 1. The van der Waals surface area contributed by atoms with Crippen molar-refractivity contribution in [1.82, 2.24) is 10.3 Å². The van der Waals surface area contributed by atoms with Crippen LogP contribution in [0.3, 0.4) is 0 Å². The van der Waals surface area contributed by atoms with Gasteiger partial charge >= 0.3 is 0 Å². The third-order valence-corrected chi connectivity index (χ3v) is 4.22. The van der Waals surface area contributed by atoms with Crippen molar-refractivity contribution in [2.24, 2.45) is 0 Å². The standard InChI is InChI=1S/C22H23N3O2/c1-27-20-10-6-5-9-18(20)15-25-22(26)19-11-12-21(24-16-19)23-14-13-17-7-3-2-4-8-17/h2-12,16H,13-15H2,1H3,(H,23,24)(H,25,26). The average molecular weight is 361 g/mol. The Bertz CT molecular complexity index is 864. The Morgan fingerprint density at radius 1 is 1.00 bits per heavy atom. The van der Waals surface area contributed by atoms with Gasteiger partial charge in [0.15, 0.2) is 0 Å². The summed E-state index contributed by atoms with van der Waals surface area (Å²) in [6, 6.07) is 21.5. The number of pyridine rings is 1. The first kappa shape index (κ1) is 18.5. The second-order valence-corrected chi connectivity index (χ2v) is 6.09. The minimum atomic E-state index is -0.163. The summed E-state index contributed by atoms with van der Waals surface area (Å²) in [4.78, 5) is 16.6. The van der Waals surface area contributed by atoms with Crippen molar-refractivity contribution in [3.63, 3.8) is 0 Å². The molecule has 5 nitrogen and oxygen atoms in total. The molecule has 27 heavy (non-hydrogen) atoms. The van der Waals surface area contributed by atoms with E-state index in [-0.39, 0.29) is 5.91 Å². The van der Waals surface area contributed by atoms with E-state index in [2.05, 4.69) is 27.8 Å². The largest absolute Gasteiger partial charge is 0.496 e. The number of nitrogens with one attached hydrogen (secondary N) is 2. The minimum absolute atomic E-state index is 0.163. The van der Waals surface area contributed by atoms with Gasteiger partial charge in [-0.1, -0.05) is 48.5 Å². The molecule has 0 saturated heterocycles. The van der Waals surface area contributed by atoms with E-state index in [0.717, 1.165) is 30.1 Å². The molecule has 1 aromatic heterocycles. The smallest absolute Gasteiger partial charge is 0.253 e. The molecule has 2 aromatic carbocycles. The topological polar surface area (TPSA) is 63.2 Å². The number of aromatic nitrogens is 1. The van der Waals surface area contributed by atoms with Crippen LogP contribution in [-0.2, 0) is 13.0 Å². The molecule has 0 radical (unpaired) electrons. The first-order valence-electron chi connectivity index (χ1n) is 8.90. The average Bonchev–Trinajstić information content (AvgIpc) is 2.73. The minimum Gasteiger partial charge on any atom is -0.496 e. The molecular weight excluding hydrogens is 338 g/mol. The van der Waals surface area contributed by atoms with E-state index < -0.39 is 0 Å². The number of nitrogens with zero attached hydrogens (tertiary/aromatic N) is 1. The number of hydrogen-bond acceptors (Lipinski definition) is 4. The van der Waals surface area contributed by atoms with Crippen molar-refractivity contribution in [2.45, 2.75) is 13.0 Å². The summed E-state index contributed by atoms with van der Waals surface area (Å²) in [6.45, 7) is 1.19. The molecular formula is C22H23N3O2. The maximum Gasteiger partial charge on any atom is 0.253 e. The Hall–Kier alpha value is -3.34. The number of ether oxygens (including phenoxy) is 1. The summed E-state index contributed by atoms with van der Waals surface area (Å²) >= 11 is 0. The van der Waals surface area contributed by atoms with Crippen LogP contribution in [0.25, 0.3) is 0 Å². The van der Waals surface area contributed by atoms with Crippen LogP contribution in [0.5, 0.6) is 5.75 Å². The summed E-state index contributed by atoms with van der Waals surface area (Å²) in [7, 11) is 1.62. The van der Waals surface area contributed by atoms with Gasteiger partial charge < -0.3 is 15.4 Å². The summed E-state index contributed by atoms with van der Waals surface area (Å²) in [5.74, 6) is 1.35. The normalized spacial score (nSPS) is 10.3. The SMILES string of the molecule is COc1ccccc1CNC(=O)c1ccc(NCCc2ccccc2)nc1. The Morgan fingerprint density at radius 2 is 1.78 bits per heavy atom. The predicted octanol–water partition coefficient (Wildman–Crippen LogP) is 3.67. The van der Waals surface area contributed by atoms with E-state index in [0.29, 0.717) is 12.1 Å². The molecule has 5 heteroatoms. The van der Waals surface area contributed by atoms with Gasteiger partial charge in [0.25, 0.3) is 5.91 Å². The highest BCUT2D eigenvalue weighted by Gasteiger charge is 2.08. The van der Waals surface area contributed by atoms with Gasteiger partial charge in [-0.25, -0.2) is 4.98 Å². The van der Waals surface area contributed by atoms with Crippen LogP contribution < -0.4 is 15.4 Å². The van der Waals surface area contributed by atoms with Crippen LogP contribution in [0, 0.1) is 0 Å². The van der Waals surface area contributed by atoms with E-state index in [1.165, 1.54) is 5.56 Å². The number of rotatable bonds is 8. The van der Waals surface area contributed by atoms with Crippen molar-refractivity contribution in [3.8, 4) is 5.75 Å². The fourth-order valence-corrected chi connectivity index (χ4v) is 2.74. The number of para-hydroxylation sites is 1. The monoisotopic (exact) mass is 361 g/mol. The zero-order chi connectivity index (χ0) is 18.9. The lowest BCUT2D eigenvalue weighted by Gasteiger charge is -2.10. The van der Waals surface area contributed by atoms with Crippen molar-refractivity contribution in [3.05, 3.63) is 89.6 Å². The fourth-order valence-electron chi connectivity index (χ4n) is 2.74. The molecule has 138 valence electrons. The zero-order valence-corrected chi connectivity index (χ0v) is 15.3. The Morgan fingerprint density at radius 3 is 2.52 bits per heavy atom. The molecule has 0 spiro atoms. The van der Waals surface area contributed by atoms with E-state index in [1.54, 1.807) is 19.4 Å². The van der Waals surface area contributed by atoms with Crippen LogP contribution in [0.2, 0.25) is 0 Å². The fraction of sp³-hybridized carbons (Fsp3) is 0.182. The zero-order valence-electron chi connectivity index (χ0n) is 15.3. The molecule has 0 bridgehead atoms. The van der Waals surface area contributed by atoms with Crippen LogP contribution in [0.4, 0.5) is 5.82 Å². The van der Waals surface area contributed by atoms with E-state index in [1.807, 2.05) is 48.5 Å². The van der Waals surface area contributed by atoms with Gasteiger partial charge in [-0.05, 0) is 30.2 Å². The van der Waals surface area contributed by atoms with Crippen molar-refractivity contribution >= 4 is 11.7 Å². The molecule has 0 aliphatic heterocycles. The van der Waals surface area contributed by atoms with Gasteiger partial charge in [-0.2, -0.15) is 0 Å². The van der Waals surface area contributed by atoms with Crippen LogP contribution >= 0.6 is 0 Å². The molecule has 0 aliphatic rings. The van der Waals surface area contributed by atoms with Gasteiger partial charge in [0, 0.05) is 24.8 Å². The van der Waals surface area contributed by atoms with Crippen LogP contribution in [-0.4, -0.2) is 24.5 Å². The number of amides is 1. The van der Waals surface area contributed by atoms with Crippen molar-refractivity contribution in [2.75, 3.05) is 19.0 Å². The number of carbonyl (C=O) groups excluding carboxylic acids is 1. The maximum atomic E-state index is 12.3. The van der Waals surface area contributed by atoms with E-state index in [4.69, 9.17) is 4.74 Å². The first-order chi connectivity index (χ1) is 13.3. The van der Waals surface area contributed by atoms with Crippen molar-refractivity contribution < 1.29 is 9.53 Å². The van der Waals surface area contributed by atoms with Crippen LogP contribution in [0.15, 0.2) is 72.9 Å². The summed E-state index contributed by atoms with van der Waals surface area (Å²) in [5.41, 5.74) is 2.73. The highest BCUT2D eigenvalue weighted by atomic mass is 16.5. The summed E-state index contributed by atoms with van der Waals surface area (Å²) < 4.78 is 5.30. The lowest BCUT2D eigenvalue weighted by molar-refractivity contribution is 0.0950. The van der Waals surface area contributed by atoms with E-state index >= 15 is 0 Å². The summed E-state index contributed by atoms with van der Waals surface area (Å²) in [6.07, 6.45) is 2.51. The lowest BCUT2D eigenvalue weighted by Crippen LogP contribution is -2.23. The van der Waals surface area contributed by atoms with E-state index in [9.17, 15) is 4.79 Å². The van der Waals surface area contributed by atoms with Gasteiger partial charge in [0.1, 0.15) is 11.6 Å². The van der Waals surface area contributed by atoms with Gasteiger partial charge in [0.2, 0.25) is 0 Å². The third-order valence-electron chi connectivity index (χ3n) is 4.22. The highest BCUT2D eigenvalue weighted by Crippen LogP contribution is 2.17. The molecule has 3 aromatic rings. The lowest BCUT2D eigenvalue weighted by atomic mass is 10.1. The summed E-state index contributed by atoms with van der Waals surface area (Å²) in [5, 5.41) is 6.17. The predicted molar refractivity (Wildman–Crippen MR) is 107 cm³/mol. The molecule has 0 saturated carbocycles. The second-order valence-electron chi connectivity index (χ2n) is 6.09. The number of carbonyl (C=O) groups is 1. The maximum absolute atomic E-state index is 12.3. The second kappa shape index (κ2) is 9.38. The molecule has 2 N–H and O–H groups in total. The number of methoxy groups -OCH3 is 1. The molecule has 0 atom stereocenters. The molecule has 0 fully saturated rings. The van der Waals surface area contributed by atoms with Crippen molar-refractivity contribution in [1.29, 1.82) is 0 Å². The van der Waals surface area contributed by atoms with Gasteiger partial charge in [0.05, 0.1) is 12.7 Å². The molecule has 1 amide bonds. The van der Waals surface area contributed by atoms with Crippen LogP contribution in [0.1, 0.15) is 21.5 Å². The molecule has 1 heterocycles. The quantitative estimate of drug-likeness (QED) is 0.642. The van der Waals surface area contributed by atoms with Gasteiger partial charge in [-0.15, -0.1) is 0 Å². The van der Waals surface area contributed by atoms with Gasteiger partial charge in [-0.3, -0.25) is 4.79 Å². The Kier molecular flexibility index (Phi) is 6.41.